The monoisotopic (exact) mass is 604 g/mol. The lowest BCUT2D eigenvalue weighted by atomic mass is 10.2. The van der Waals surface area contributed by atoms with Gasteiger partial charge in [0.1, 0.15) is 21.4 Å². The molecule has 0 amide bonds. The highest BCUT2D eigenvalue weighted by Gasteiger charge is 2.34. The second-order valence-electron chi connectivity index (χ2n) is 9.06. The third-order valence-corrected chi connectivity index (χ3v) is 9.30. The Balaban J connectivity index is 1.52. The van der Waals surface area contributed by atoms with Crippen molar-refractivity contribution in [1.29, 1.82) is 0 Å². The summed E-state index contributed by atoms with van der Waals surface area (Å²) in [5.74, 6) is 0.647. The Kier molecular flexibility index (Phi) is 9.65. The molecule has 0 atom stereocenters. The lowest BCUT2D eigenvalue weighted by Gasteiger charge is -2.34. The first kappa shape index (κ1) is 30.0. The summed E-state index contributed by atoms with van der Waals surface area (Å²) < 4.78 is 60.6. The molecule has 2 heterocycles. The smallest absolute Gasteiger partial charge is 0.340 e. The highest BCUT2D eigenvalue weighted by molar-refractivity contribution is 7.91. The fourth-order valence-electron chi connectivity index (χ4n) is 4.04. The largest absolute Gasteiger partial charge is 0.379 e. The Morgan fingerprint density at radius 1 is 0.976 bits per heavy atom. The molecule has 3 aromatic rings. The van der Waals surface area contributed by atoms with E-state index in [2.05, 4.69) is 15.6 Å². The Labute approximate surface area is 239 Å². The van der Waals surface area contributed by atoms with Gasteiger partial charge in [-0.3, -0.25) is 4.84 Å². The van der Waals surface area contributed by atoms with Crippen molar-refractivity contribution in [3.63, 3.8) is 0 Å². The molecule has 1 fully saturated rings. The van der Waals surface area contributed by atoms with Crippen molar-refractivity contribution in [2.75, 3.05) is 37.7 Å². The normalized spacial score (nSPS) is 15.0. The van der Waals surface area contributed by atoms with Gasteiger partial charge in [0.15, 0.2) is 5.75 Å². The second kappa shape index (κ2) is 13.2. The summed E-state index contributed by atoms with van der Waals surface area (Å²) in [5, 5.41) is 3.69. The molecule has 1 saturated heterocycles. The van der Waals surface area contributed by atoms with Gasteiger partial charge in [-0.2, -0.15) is 12.7 Å². The van der Waals surface area contributed by atoms with Gasteiger partial charge in [-0.25, -0.2) is 18.9 Å². The van der Waals surface area contributed by atoms with Gasteiger partial charge in [0.2, 0.25) is 10.0 Å². The second-order valence-corrected chi connectivity index (χ2v) is 12.5. The topological polar surface area (TPSA) is 166 Å². The molecule has 1 aliphatic rings. The van der Waals surface area contributed by atoms with Crippen LogP contribution in [0.25, 0.3) is 0 Å². The quantitative estimate of drug-likeness (QED) is 0.108. The number of nitrogens with one attached hydrogen (secondary N) is 1. The number of aromatic nitrogens is 1. The molecule has 3 N–H and O–H groups in total. The van der Waals surface area contributed by atoms with Crippen LogP contribution >= 0.6 is 0 Å². The van der Waals surface area contributed by atoms with Crippen LogP contribution in [-0.2, 0) is 25.0 Å². The number of oxime groups is 1. The Hall–Kier alpha value is -3.92. The van der Waals surface area contributed by atoms with E-state index in [1.54, 1.807) is 25.3 Å². The molecule has 220 valence electrons. The van der Waals surface area contributed by atoms with Gasteiger partial charge in [-0.05, 0) is 60.5 Å². The summed E-state index contributed by atoms with van der Waals surface area (Å²) in [6.45, 7) is 5.16. The number of rotatable bonds is 11. The number of benzene rings is 2. The van der Waals surface area contributed by atoms with Gasteiger partial charge in [0.05, 0.1) is 6.61 Å². The van der Waals surface area contributed by atoms with E-state index in [1.807, 2.05) is 24.0 Å². The maximum Gasteiger partial charge on any atom is 0.340 e. The molecule has 41 heavy (non-hydrogen) atoms. The summed E-state index contributed by atoms with van der Waals surface area (Å²) in [5.41, 5.74) is 8.68. The number of hydrogen-bond donors (Lipinski definition) is 2. The van der Waals surface area contributed by atoms with Crippen molar-refractivity contribution in [3.8, 4) is 11.5 Å². The fraction of sp³-hybridized carbons (Fsp3) is 0.308. The first-order valence-electron chi connectivity index (χ1n) is 12.8. The third kappa shape index (κ3) is 7.64. The van der Waals surface area contributed by atoms with Crippen LogP contribution in [-0.4, -0.2) is 64.9 Å². The molecule has 0 bridgehead atoms. The zero-order valence-corrected chi connectivity index (χ0v) is 24.3. The van der Waals surface area contributed by atoms with E-state index in [0.29, 0.717) is 25.3 Å². The molecule has 4 rings (SSSR count). The highest BCUT2D eigenvalue weighted by Crippen LogP contribution is 2.30. The lowest BCUT2D eigenvalue weighted by molar-refractivity contribution is 0.0824. The van der Waals surface area contributed by atoms with Crippen LogP contribution in [0.3, 0.4) is 0 Å². The average Bonchev–Trinajstić information content (AvgIpc) is 2.96. The molecule has 0 aliphatic carbocycles. The van der Waals surface area contributed by atoms with Crippen molar-refractivity contribution >= 4 is 31.9 Å². The molecule has 1 aliphatic heterocycles. The number of piperazine rings is 1. The zero-order chi connectivity index (χ0) is 29.5. The molecule has 0 radical (unpaired) electrons. The predicted octanol–water partition coefficient (Wildman–Crippen LogP) is 2.21. The average molecular weight is 605 g/mol. The van der Waals surface area contributed by atoms with Crippen LogP contribution in [0.5, 0.6) is 11.5 Å². The molecular weight excluding hydrogens is 572 g/mol. The minimum atomic E-state index is -4.57. The first-order chi connectivity index (χ1) is 19.6. The van der Waals surface area contributed by atoms with Crippen LogP contribution in [0.2, 0.25) is 0 Å². The van der Waals surface area contributed by atoms with E-state index >= 15 is 0 Å². The van der Waals surface area contributed by atoms with Crippen molar-refractivity contribution < 1.29 is 30.7 Å². The van der Waals surface area contributed by atoms with Gasteiger partial charge < -0.3 is 19.7 Å². The van der Waals surface area contributed by atoms with Crippen LogP contribution < -0.4 is 25.1 Å². The SMILES string of the molecule is CCCONC(N)=NOc1cc(C)cc(OS(=O)(=O)c2ccccc2S(=O)(=O)N2CCN(c3ccccn3)CC2)c1. The third-order valence-electron chi connectivity index (χ3n) is 5.91. The summed E-state index contributed by atoms with van der Waals surface area (Å²) in [6, 6.07) is 15.2. The van der Waals surface area contributed by atoms with Crippen molar-refractivity contribution in [2.24, 2.45) is 10.9 Å². The highest BCUT2D eigenvalue weighted by atomic mass is 32.2. The number of hydrogen-bond acceptors (Lipinski definition) is 10. The van der Waals surface area contributed by atoms with Crippen LogP contribution in [0.1, 0.15) is 18.9 Å². The summed E-state index contributed by atoms with van der Waals surface area (Å²) in [7, 11) is -8.74. The molecule has 2 aromatic carbocycles. The molecule has 13 nitrogen and oxygen atoms in total. The van der Waals surface area contributed by atoms with Gasteiger partial charge in [-0.1, -0.05) is 25.1 Å². The standard InChI is InChI=1S/C26H32N6O7S2/c1-3-16-37-29-26(27)30-38-21-17-20(2)18-22(19-21)39-41(35,36)24-9-5-4-8-23(24)40(33,34)32-14-12-31(13-15-32)25-10-6-7-11-28-25/h4-11,17-19H,3,12-16H2,1-2H3,(H3,27,29,30). The number of pyridine rings is 1. The molecule has 15 heteroatoms. The lowest BCUT2D eigenvalue weighted by Crippen LogP contribution is -2.49. The number of nitrogens with two attached hydrogens (primary N) is 1. The molecule has 0 saturated carbocycles. The van der Waals surface area contributed by atoms with Gasteiger partial charge in [0.25, 0.3) is 5.96 Å². The summed E-state index contributed by atoms with van der Waals surface area (Å²) >= 11 is 0. The van der Waals surface area contributed by atoms with Gasteiger partial charge >= 0.3 is 10.1 Å². The molecule has 0 spiro atoms. The van der Waals surface area contributed by atoms with Crippen molar-refractivity contribution in [3.05, 3.63) is 72.4 Å². The maximum absolute atomic E-state index is 13.6. The number of anilines is 1. The molecule has 0 unspecified atom stereocenters. The van der Waals surface area contributed by atoms with E-state index in [4.69, 9.17) is 19.6 Å². The first-order valence-corrected chi connectivity index (χ1v) is 15.6. The fourth-order valence-corrected chi connectivity index (χ4v) is 7.16. The van der Waals surface area contributed by atoms with E-state index in [1.165, 1.54) is 40.7 Å². The number of guanidine groups is 1. The van der Waals surface area contributed by atoms with Crippen molar-refractivity contribution in [1.82, 2.24) is 14.8 Å². The van der Waals surface area contributed by atoms with Crippen LogP contribution in [0.15, 0.2) is 81.8 Å². The van der Waals surface area contributed by atoms with E-state index in [9.17, 15) is 16.8 Å². The number of aryl methyl sites for hydroxylation is 1. The minimum absolute atomic E-state index is 0.0971. The Morgan fingerprint density at radius 2 is 1.66 bits per heavy atom. The molecule has 1 aromatic heterocycles. The number of sulfonamides is 1. The van der Waals surface area contributed by atoms with Crippen LogP contribution in [0, 0.1) is 6.92 Å². The van der Waals surface area contributed by atoms with Crippen molar-refractivity contribution in [2.45, 2.75) is 30.1 Å². The number of nitrogens with zero attached hydrogens (tertiary/aromatic N) is 4. The molecular formula is C26H32N6O7S2. The van der Waals surface area contributed by atoms with E-state index in [0.717, 1.165) is 12.2 Å². The summed E-state index contributed by atoms with van der Waals surface area (Å²) in [6.07, 6.45) is 2.44. The van der Waals surface area contributed by atoms with Crippen LogP contribution in [0.4, 0.5) is 5.82 Å². The Bertz CT molecular complexity index is 1580. The summed E-state index contributed by atoms with van der Waals surface area (Å²) in [4.78, 5) is 15.8. The van der Waals surface area contributed by atoms with E-state index < -0.39 is 25.0 Å². The zero-order valence-electron chi connectivity index (χ0n) is 22.6. The Morgan fingerprint density at radius 3 is 2.34 bits per heavy atom. The maximum atomic E-state index is 13.6. The minimum Gasteiger partial charge on any atom is -0.379 e. The number of hydroxylamine groups is 1. The van der Waals surface area contributed by atoms with Gasteiger partial charge in [-0.15, -0.1) is 0 Å². The predicted molar refractivity (Wildman–Crippen MR) is 152 cm³/mol. The van der Waals surface area contributed by atoms with E-state index in [-0.39, 0.29) is 35.4 Å². The van der Waals surface area contributed by atoms with Gasteiger partial charge in [0, 0.05) is 38.4 Å².